The van der Waals surface area contributed by atoms with Crippen molar-refractivity contribution >= 4 is 16.9 Å². The fourth-order valence-corrected chi connectivity index (χ4v) is 3.08. The van der Waals surface area contributed by atoms with Crippen molar-refractivity contribution in [3.05, 3.63) is 35.5 Å². The summed E-state index contributed by atoms with van der Waals surface area (Å²) in [5, 5.41) is 1.31. The highest BCUT2D eigenvalue weighted by Crippen LogP contribution is 2.21. The Morgan fingerprint density at radius 3 is 2.90 bits per heavy atom. The molecule has 0 amide bonds. The van der Waals surface area contributed by atoms with Gasteiger partial charge in [-0.2, -0.15) is 0 Å². The van der Waals surface area contributed by atoms with E-state index in [0.29, 0.717) is 5.96 Å². The highest BCUT2D eigenvalue weighted by atomic mass is 15.2. The van der Waals surface area contributed by atoms with E-state index in [1.54, 1.807) is 0 Å². The maximum atomic E-state index is 6.09. The van der Waals surface area contributed by atoms with Crippen LogP contribution in [0.3, 0.4) is 0 Å². The number of nitrogens with two attached hydrogens (primary N) is 1. The van der Waals surface area contributed by atoms with Crippen LogP contribution >= 0.6 is 0 Å². The van der Waals surface area contributed by atoms with Crippen molar-refractivity contribution in [3.63, 3.8) is 0 Å². The van der Waals surface area contributed by atoms with E-state index in [9.17, 15) is 0 Å². The van der Waals surface area contributed by atoms with E-state index in [1.807, 2.05) is 0 Å². The van der Waals surface area contributed by atoms with Gasteiger partial charge in [0.05, 0.1) is 0 Å². The Balaban J connectivity index is 1.65. The number of fused-ring (bicyclic) bond motifs is 1. The molecule has 1 aliphatic rings. The third kappa shape index (κ3) is 3.04. The molecule has 3 N–H and O–H groups in total. The van der Waals surface area contributed by atoms with E-state index in [4.69, 9.17) is 5.73 Å². The molecule has 0 aliphatic carbocycles. The number of aromatic amines is 1. The molecule has 3 rings (SSSR count). The van der Waals surface area contributed by atoms with E-state index in [2.05, 4.69) is 46.2 Å². The smallest absolute Gasteiger partial charge is 0.191 e. The Bertz CT molecular complexity index is 635. The number of likely N-dealkylation sites (tertiary alicyclic amines) is 1. The second kappa shape index (κ2) is 6.20. The van der Waals surface area contributed by atoms with Crippen molar-refractivity contribution in [1.82, 2.24) is 9.88 Å². The first kappa shape index (κ1) is 14.0. The summed E-state index contributed by atoms with van der Waals surface area (Å²) < 4.78 is 0. The lowest BCUT2D eigenvalue weighted by Gasteiger charge is -2.27. The van der Waals surface area contributed by atoms with Crippen LogP contribution in [0.5, 0.6) is 0 Å². The fraction of sp³-hybridized carbons (Fsp3) is 0.471. The first-order chi connectivity index (χ1) is 10.3. The van der Waals surface area contributed by atoms with Crippen LogP contribution in [0.15, 0.2) is 29.4 Å². The zero-order chi connectivity index (χ0) is 14.7. The molecule has 0 spiro atoms. The Kier molecular flexibility index (Phi) is 4.13. The second-order valence-electron chi connectivity index (χ2n) is 5.85. The monoisotopic (exact) mass is 284 g/mol. The van der Waals surface area contributed by atoms with E-state index in [1.165, 1.54) is 41.3 Å². The number of rotatable bonds is 3. The van der Waals surface area contributed by atoms with Gasteiger partial charge in [-0.3, -0.25) is 4.99 Å². The van der Waals surface area contributed by atoms with Gasteiger partial charge >= 0.3 is 0 Å². The minimum atomic E-state index is 0.714. The zero-order valence-electron chi connectivity index (χ0n) is 12.7. The van der Waals surface area contributed by atoms with E-state index >= 15 is 0 Å². The summed E-state index contributed by atoms with van der Waals surface area (Å²) in [6.45, 7) is 5.00. The summed E-state index contributed by atoms with van der Waals surface area (Å²) in [4.78, 5) is 10.1. The van der Waals surface area contributed by atoms with Crippen molar-refractivity contribution < 1.29 is 0 Å². The number of hydrogen-bond donors (Lipinski definition) is 2. The highest BCUT2D eigenvalue weighted by Gasteiger charge is 2.11. The summed E-state index contributed by atoms with van der Waals surface area (Å²) in [6, 6.07) is 6.42. The minimum absolute atomic E-state index is 0.714. The molecule has 4 heteroatoms. The molecule has 0 bridgehead atoms. The SMILES string of the molecule is Cc1cccc2c(CCN=C(N)N3CCCCC3)c[nH]c12. The lowest BCUT2D eigenvalue weighted by molar-refractivity contribution is 0.338. The first-order valence-corrected chi connectivity index (χ1v) is 7.86. The van der Waals surface area contributed by atoms with Crippen LogP contribution in [0, 0.1) is 6.92 Å². The van der Waals surface area contributed by atoms with Crippen LogP contribution in [-0.4, -0.2) is 35.5 Å². The molecule has 1 aromatic heterocycles. The number of hydrogen-bond acceptors (Lipinski definition) is 1. The maximum Gasteiger partial charge on any atom is 0.191 e. The van der Waals surface area contributed by atoms with Gasteiger partial charge in [-0.1, -0.05) is 18.2 Å². The van der Waals surface area contributed by atoms with Gasteiger partial charge in [-0.25, -0.2) is 0 Å². The Hall–Kier alpha value is -1.97. The Morgan fingerprint density at radius 1 is 1.29 bits per heavy atom. The average molecular weight is 284 g/mol. The van der Waals surface area contributed by atoms with Gasteiger partial charge in [-0.15, -0.1) is 0 Å². The molecule has 2 aromatic rings. The van der Waals surface area contributed by atoms with E-state index in [-0.39, 0.29) is 0 Å². The number of aliphatic imine (C=N–C) groups is 1. The number of para-hydroxylation sites is 1. The van der Waals surface area contributed by atoms with Crippen molar-refractivity contribution in [2.24, 2.45) is 10.7 Å². The molecule has 4 nitrogen and oxygen atoms in total. The van der Waals surface area contributed by atoms with Crippen LogP contribution in [-0.2, 0) is 6.42 Å². The Labute approximate surface area is 126 Å². The molecule has 1 aromatic carbocycles. The number of benzene rings is 1. The van der Waals surface area contributed by atoms with Gasteiger partial charge in [-0.05, 0) is 43.7 Å². The molecule has 112 valence electrons. The molecule has 0 atom stereocenters. The largest absolute Gasteiger partial charge is 0.370 e. The third-order valence-electron chi connectivity index (χ3n) is 4.34. The molecular formula is C17H24N4. The summed E-state index contributed by atoms with van der Waals surface area (Å²) in [5.74, 6) is 0.714. The normalized spacial score (nSPS) is 16.6. The van der Waals surface area contributed by atoms with E-state index in [0.717, 1.165) is 26.1 Å². The van der Waals surface area contributed by atoms with Gasteiger partial charge in [0.1, 0.15) is 0 Å². The van der Waals surface area contributed by atoms with Crippen LogP contribution < -0.4 is 5.73 Å². The highest BCUT2D eigenvalue weighted by molar-refractivity contribution is 5.86. The summed E-state index contributed by atoms with van der Waals surface area (Å²) >= 11 is 0. The molecule has 0 unspecified atom stereocenters. The summed E-state index contributed by atoms with van der Waals surface area (Å²) in [7, 11) is 0. The predicted octanol–water partition coefficient (Wildman–Crippen LogP) is 2.82. The lowest BCUT2D eigenvalue weighted by atomic mass is 10.1. The topological polar surface area (TPSA) is 57.4 Å². The zero-order valence-corrected chi connectivity index (χ0v) is 12.7. The second-order valence-corrected chi connectivity index (χ2v) is 5.85. The van der Waals surface area contributed by atoms with Crippen molar-refractivity contribution in [1.29, 1.82) is 0 Å². The number of nitrogens with one attached hydrogen (secondary N) is 1. The lowest BCUT2D eigenvalue weighted by Crippen LogP contribution is -2.41. The summed E-state index contributed by atoms with van der Waals surface area (Å²) in [6.07, 6.45) is 6.82. The minimum Gasteiger partial charge on any atom is -0.370 e. The summed E-state index contributed by atoms with van der Waals surface area (Å²) in [5.41, 5.74) is 9.94. The third-order valence-corrected chi connectivity index (χ3v) is 4.34. The van der Waals surface area contributed by atoms with Gasteiger partial charge in [0.25, 0.3) is 0 Å². The van der Waals surface area contributed by atoms with E-state index < -0.39 is 0 Å². The number of guanidine groups is 1. The van der Waals surface area contributed by atoms with Gasteiger partial charge in [0.15, 0.2) is 5.96 Å². The van der Waals surface area contributed by atoms with Gasteiger partial charge in [0.2, 0.25) is 0 Å². The van der Waals surface area contributed by atoms with Crippen LogP contribution in [0.25, 0.3) is 10.9 Å². The maximum absolute atomic E-state index is 6.09. The number of H-pyrrole nitrogens is 1. The molecule has 0 saturated carbocycles. The van der Waals surface area contributed by atoms with Crippen LogP contribution in [0.1, 0.15) is 30.4 Å². The predicted molar refractivity (Wildman–Crippen MR) is 88.7 cm³/mol. The number of nitrogens with zero attached hydrogens (tertiary/aromatic N) is 2. The first-order valence-electron chi connectivity index (χ1n) is 7.86. The number of aryl methyl sites for hydroxylation is 1. The Morgan fingerprint density at radius 2 is 2.10 bits per heavy atom. The van der Waals surface area contributed by atoms with Crippen molar-refractivity contribution in [2.75, 3.05) is 19.6 Å². The quantitative estimate of drug-likeness (QED) is 0.672. The van der Waals surface area contributed by atoms with Crippen LogP contribution in [0.4, 0.5) is 0 Å². The number of aromatic nitrogens is 1. The van der Waals surface area contributed by atoms with Gasteiger partial charge < -0.3 is 15.6 Å². The average Bonchev–Trinajstić information content (AvgIpc) is 2.93. The van der Waals surface area contributed by atoms with Crippen LogP contribution in [0.2, 0.25) is 0 Å². The number of piperidine rings is 1. The van der Waals surface area contributed by atoms with Gasteiger partial charge in [0, 0.05) is 36.7 Å². The molecule has 1 aliphatic heterocycles. The molecular weight excluding hydrogens is 260 g/mol. The standard InChI is InChI=1S/C17H24N4/c1-13-6-5-7-15-14(12-20-16(13)15)8-9-19-17(18)21-10-3-2-4-11-21/h5-7,12,20H,2-4,8-11H2,1H3,(H2,18,19). The molecule has 21 heavy (non-hydrogen) atoms. The van der Waals surface area contributed by atoms with Crippen molar-refractivity contribution in [2.45, 2.75) is 32.6 Å². The molecule has 1 fully saturated rings. The molecule has 2 heterocycles. The molecule has 0 radical (unpaired) electrons. The van der Waals surface area contributed by atoms with Crippen molar-refractivity contribution in [3.8, 4) is 0 Å². The fourth-order valence-electron chi connectivity index (χ4n) is 3.08. The molecule has 1 saturated heterocycles.